The van der Waals surface area contributed by atoms with Crippen LogP contribution in [-0.4, -0.2) is 53.4 Å². The third-order valence-corrected chi connectivity index (χ3v) is 9.86. The van der Waals surface area contributed by atoms with Crippen LogP contribution in [0.4, 0.5) is 15.3 Å². The number of imide groups is 1. The molecule has 1 saturated heterocycles. The Hall–Kier alpha value is -3.40. The zero-order valence-electron chi connectivity index (χ0n) is 21.9. The van der Waals surface area contributed by atoms with Crippen LogP contribution in [0.15, 0.2) is 18.2 Å². The average Bonchev–Trinajstić information content (AvgIpc) is 3.61. The summed E-state index contributed by atoms with van der Waals surface area (Å²) in [4.78, 5) is 57.6. The smallest absolute Gasteiger partial charge is 0.418 e. The van der Waals surface area contributed by atoms with Crippen molar-refractivity contribution in [2.24, 2.45) is 5.92 Å². The summed E-state index contributed by atoms with van der Waals surface area (Å²) in [5.74, 6) is -0.201. The molecule has 9 nitrogen and oxygen atoms in total. The second-order valence-electron chi connectivity index (χ2n) is 10.8. The van der Waals surface area contributed by atoms with E-state index in [0.717, 1.165) is 36.1 Å². The lowest BCUT2D eigenvalue weighted by atomic mass is 9.94. The normalized spacial score (nSPS) is 24.2. The molecule has 200 valence electrons. The average molecular weight is 537 g/mol. The quantitative estimate of drug-likeness (QED) is 0.614. The standard InChI is InChI=1S/C28H32N4O5S/c1-15-16(2)38-23-13-31(22(17-4-5-17)9-7-20(15)23)24(33)14-32-25(34)28(37-27(32)36)11-10-18-12-19(6-8-21(18)28)30-26(35)29-3/h6,8,12,17,22H,4-5,7,9-11,13-14H2,1-3H3,(H2,29,30,35)/t22-,28+/m0/s1. The molecule has 2 N–H and O–H groups in total. The highest BCUT2D eigenvalue weighted by Crippen LogP contribution is 2.46. The predicted octanol–water partition coefficient (Wildman–Crippen LogP) is 3.99. The molecule has 2 aromatic rings. The van der Waals surface area contributed by atoms with Gasteiger partial charge in [-0.05, 0) is 80.7 Å². The van der Waals surface area contributed by atoms with Crippen LogP contribution < -0.4 is 10.6 Å². The van der Waals surface area contributed by atoms with Gasteiger partial charge in [-0.25, -0.2) is 14.5 Å². The predicted molar refractivity (Wildman–Crippen MR) is 142 cm³/mol. The summed E-state index contributed by atoms with van der Waals surface area (Å²) >= 11 is 1.75. The molecular formula is C28H32N4O5S. The lowest BCUT2D eigenvalue weighted by Gasteiger charge is -2.31. The van der Waals surface area contributed by atoms with E-state index in [-0.39, 0.29) is 24.5 Å². The van der Waals surface area contributed by atoms with Crippen molar-refractivity contribution in [3.63, 3.8) is 0 Å². The summed E-state index contributed by atoms with van der Waals surface area (Å²) < 4.78 is 5.75. The fourth-order valence-electron chi connectivity index (χ4n) is 6.31. The first-order chi connectivity index (χ1) is 18.2. The van der Waals surface area contributed by atoms with Crippen LogP contribution in [0.3, 0.4) is 0 Å². The number of amides is 5. The first kappa shape index (κ1) is 24.9. The highest BCUT2D eigenvalue weighted by Gasteiger charge is 2.58. The molecule has 0 radical (unpaired) electrons. The van der Waals surface area contributed by atoms with Gasteiger partial charge in [-0.2, -0.15) is 0 Å². The monoisotopic (exact) mass is 536 g/mol. The van der Waals surface area contributed by atoms with Crippen LogP contribution in [0.1, 0.15) is 57.7 Å². The highest BCUT2D eigenvalue weighted by atomic mass is 32.1. The molecule has 2 fully saturated rings. The van der Waals surface area contributed by atoms with Crippen molar-refractivity contribution in [3.05, 3.63) is 50.2 Å². The van der Waals surface area contributed by atoms with Crippen LogP contribution >= 0.6 is 11.3 Å². The molecule has 1 aromatic carbocycles. The van der Waals surface area contributed by atoms with Crippen LogP contribution in [0.2, 0.25) is 0 Å². The second-order valence-corrected chi connectivity index (χ2v) is 12.1. The molecule has 1 saturated carbocycles. The molecule has 1 spiro atoms. The molecule has 2 aliphatic carbocycles. The Balaban J connectivity index is 1.23. The van der Waals surface area contributed by atoms with Crippen molar-refractivity contribution in [2.75, 3.05) is 18.9 Å². The number of carbonyl (C=O) groups excluding carboxylic acids is 4. The van der Waals surface area contributed by atoms with Crippen molar-refractivity contribution in [1.82, 2.24) is 15.1 Å². The van der Waals surface area contributed by atoms with Crippen molar-refractivity contribution >= 4 is 41.0 Å². The van der Waals surface area contributed by atoms with E-state index in [1.807, 2.05) is 4.90 Å². The van der Waals surface area contributed by atoms with Gasteiger partial charge in [0, 0.05) is 40.5 Å². The Morgan fingerprint density at radius 1 is 1.16 bits per heavy atom. The Bertz CT molecular complexity index is 1370. The number of ether oxygens (including phenoxy) is 1. The van der Waals surface area contributed by atoms with E-state index >= 15 is 0 Å². The zero-order chi connectivity index (χ0) is 26.8. The van der Waals surface area contributed by atoms with Crippen LogP contribution in [0, 0.1) is 19.8 Å². The summed E-state index contributed by atoms with van der Waals surface area (Å²) in [5, 5.41) is 5.23. The Morgan fingerprint density at radius 2 is 1.95 bits per heavy atom. The minimum Gasteiger partial charge on any atom is -0.427 e. The summed E-state index contributed by atoms with van der Waals surface area (Å²) in [5.41, 5.74) is 3.31. The van der Waals surface area contributed by atoms with E-state index in [1.165, 1.54) is 27.9 Å². The van der Waals surface area contributed by atoms with Gasteiger partial charge >= 0.3 is 12.1 Å². The number of carbonyl (C=O) groups is 4. The molecule has 38 heavy (non-hydrogen) atoms. The van der Waals surface area contributed by atoms with E-state index in [9.17, 15) is 19.2 Å². The molecule has 0 unspecified atom stereocenters. The lowest BCUT2D eigenvalue weighted by Crippen LogP contribution is -2.48. The van der Waals surface area contributed by atoms with Crippen molar-refractivity contribution < 1.29 is 23.9 Å². The van der Waals surface area contributed by atoms with Crippen molar-refractivity contribution in [3.8, 4) is 0 Å². The number of hydrogen-bond acceptors (Lipinski definition) is 6. The molecule has 2 atom stereocenters. The van der Waals surface area contributed by atoms with Gasteiger partial charge in [-0.3, -0.25) is 9.59 Å². The molecule has 3 heterocycles. The summed E-state index contributed by atoms with van der Waals surface area (Å²) in [6.07, 6.45) is 4.15. The summed E-state index contributed by atoms with van der Waals surface area (Å²) in [6.45, 7) is 4.49. The largest absolute Gasteiger partial charge is 0.427 e. The van der Waals surface area contributed by atoms with Gasteiger partial charge in [-0.15, -0.1) is 11.3 Å². The van der Waals surface area contributed by atoms with Crippen LogP contribution in [-0.2, 0) is 39.3 Å². The first-order valence-corrected chi connectivity index (χ1v) is 14.1. The van der Waals surface area contributed by atoms with Gasteiger partial charge in [0.05, 0.1) is 6.54 Å². The minimum atomic E-state index is -1.41. The summed E-state index contributed by atoms with van der Waals surface area (Å²) in [7, 11) is 1.53. The third-order valence-electron chi connectivity index (χ3n) is 8.62. The first-order valence-electron chi connectivity index (χ1n) is 13.3. The van der Waals surface area contributed by atoms with Crippen molar-refractivity contribution in [2.45, 2.75) is 70.6 Å². The molecule has 2 aliphatic heterocycles. The number of nitrogens with zero attached hydrogens (tertiary/aromatic N) is 2. The van der Waals surface area contributed by atoms with Gasteiger partial charge in [0.1, 0.15) is 6.54 Å². The fourth-order valence-corrected chi connectivity index (χ4v) is 7.54. The molecule has 10 heteroatoms. The SMILES string of the molecule is CNC(=O)Nc1ccc2c(c1)CC[C@@]21OC(=O)N(CC(=O)N2Cc3sc(C)c(C)c3CC[C@H]2C2CC2)C1=O. The second kappa shape index (κ2) is 9.11. The van der Waals surface area contributed by atoms with Gasteiger partial charge in [-0.1, -0.05) is 6.07 Å². The zero-order valence-corrected chi connectivity index (χ0v) is 22.7. The molecule has 4 aliphatic rings. The van der Waals surface area contributed by atoms with Crippen molar-refractivity contribution in [1.29, 1.82) is 0 Å². The van der Waals surface area contributed by atoms with Crippen LogP contribution in [0.25, 0.3) is 0 Å². The number of aryl methyl sites for hydroxylation is 2. The molecular weight excluding hydrogens is 504 g/mol. The number of nitrogens with one attached hydrogen (secondary N) is 2. The number of hydrogen-bond donors (Lipinski definition) is 2. The van der Waals surface area contributed by atoms with Crippen LogP contribution in [0.5, 0.6) is 0 Å². The van der Waals surface area contributed by atoms with E-state index in [2.05, 4.69) is 24.5 Å². The van der Waals surface area contributed by atoms with E-state index in [4.69, 9.17) is 4.74 Å². The molecule has 5 amide bonds. The third kappa shape index (κ3) is 3.97. The molecule has 6 rings (SSSR count). The number of thiophene rings is 1. The minimum absolute atomic E-state index is 0.128. The Labute approximate surface area is 225 Å². The number of fused-ring (bicyclic) bond motifs is 3. The van der Waals surface area contributed by atoms with Gasteiger partial charge < -0.3 is 20.3 Å². The Kier molecular flexibility index (Phi) is 5.97. The highest BCUT2D eigenvalue weighted by molar-refractivity contribution is 7.12. The number of anilines is 1. The maximum absolute atomic E-state index is 13.7. The van der Waals surface area contributed by atoms with Gasteiger partial charge in [0.2, 0.25) is 11.5 Å². The maximum atomic E-state index is 13.7. The number of rotatable bonds is 4. The van der Waals surface area contributed by atoms with Gasteiger partial charge in [0.15, 0.2) is 0 Å². The number of urea groups is 1. The summed E-state index contributed by atoms with van der Waals surface area (Å²) in [6, 6.07) is 5.00. The molecule has 1 aromatic heterocycles. The lowest BCUT2D eigenvalue weighted by molar-refractivity contribution is -0.143. The van der Waals surface area contributed by atoms with Gasteiger partial charge in [0.25, 0.3) is 5.91 Å². The van der Waals surface area contributed by atoms with E-state index in [1.54, 1.807) is 29.5 Å². The Morgan fingerprint density at radius 3 is 2.68 bits per heavy atom. The topological polar surface area (TPSA) is 108 Å². The molecule has 0 bridgehead atoms. The van der Waals surface area contributed by atoms with E-state index in [0.29, 0.717) is 36.6 Å². The van der Waals surface area contributed by atoms with E-state index < -0.39 is 17.6 Å². The fraction of sp³-hybridized carbons (Fsp3) is 0.500. The number of benzene rings is 1. The maximum Gasteiger partial charge on any atom is 0.418 e.